The first-order valence-corrected chi connectivity index (χ1v) is 21.4. The molecule has 0 atom stereocenters. The van der Waals surface area contributed by atoms with Crippen LogP contribution in [0.4, 0.5) is 17.1 Å². The van der Waals surface area contributed by atoms with Crippen molar-refractivity contribution in [2.45, 2.75) is 43.9 Å². The molecule has 1 heteroatoms. The quantitative estimate of drug-likeness (QED) is 0.169. The molecule has 0 saturated carbocycles. The van der Waals surface area contributed by atoms with E-state index in [2.05, 4.69) is 233 Å². The second kappa shape index (κ2) is 12.5. The van der Waals surface area contributed by atoms with Crippen LogP contribution in [0.5, 0.6) is 0 Å². The van der Waals surface area contributed by atoms with Gasteiger partial charge in [-0.3, -0.25) is 0 Å². The Morgan fingerprint density at radius 3 is 1.32 bits per heavy atom. The Morgan fingerprint density at radius 1 is 0.333 bits per heavy atom. The average Bonchev–Trinajstić information content (AvgIpc) is 3.81. The molecule has 9 aromatic carbocycles. The summed E-state index contributed by atoms with van der Waals surface area (Å²) in [6.45, 7) is 9.56. The monoisotopic (exact) mass is 767 g/mol. The van der Waals surface area contributed by atoms with Crippen molar-refractivity contribution in [2.75, 3.05) is 4.90 Å². The van der Waals surface area contributed by atoms with Gasteiger partial charge < -0.3 is 4.90 Å². The lowest BCUT2D eigenvalue weighted by molar-refractivity contribution is 0.660. The Labute approximate surface area is 353 Å². The van der Waals surface area contributed by atoms with Gasteiger partial charge >= 0.3 is 0 Å². The summed E-state index contributed by atoms with van der Waals surface area (Å²) in [5, 5.41) is 2.46. The minimum absolute atomic E-state index is 0.155. The van der Waals surface area contributed by atoms with Crippen LogP contribution in [0.1, 0.15) is 72.2 Å². The van der Waals surface area contributed by atoms with Crippen molar-refractivity contribution >= 4 is 27.8 Å². The van der Waals surface area contributed by atoms with Gasteiger partial charge in [-0.15, -0.1) is 0 Å². The van der Waals surface area contributed by atoms with Gasteiger partial charge in [0.05, 0.1) is 11.1 Å². The highest BCUT2D eigenvalue weighted by Crippen LogP contribution is 2.62. The molecule has 0 aliphatic heterocycles. The number of nitrogens with zero attached hydrogens (tertiary/aromatic N) is 1. The fourth-order valence-corrected chi connectivity index (χ4v) is 11.5. The number of anilines is 3. The zero-order valence-electron chi connectivity index (χ0n) is 34.5. The molecular weight excluding hydrogens is 723 g/mol. The van der Waals surface area contributed by atoms with Gasteiger partial charge in [-0.25, -0.2) is 0 Å². The van der Waals surface area contributed by atoms with Crippen molar-refractivity contribution in [3.63, 3.8) is 0 Å². The predicted molar refractivity (Wildman–Crippen MR) is 251 cm³/mol. The molecule has 3 aliphatic rings. The number of benzene rings is 9. The van der Waals surface area contributed by atoms with Gasteiger partial charge in [-0.2, -0.15) is 0 Å². The SMILES string of the molecule is CC1(C)c2ccccc2-c2ccc(N(c3ccc4c(c3)C(C)(C)c3ccccc3-4)c3c4c(cc5ccccc35)C(c3ccccc3)(c3ccccc3)c3ccccc3-4)cc21. The second-order valence-corrected chi connectivity index (χ2v) is 18.0. The van der Waals surface area contributed by atoms with Crippen LogP contribution in [-0.2, 0) is 16.2 Å². The number of fused-ring (bicyclic) bond motifs is 10. The standard InChI is InChI=1S/C59H45N/c1-57(2)49-28-16-13-25-44(49)46-33-31-41(36-52(46)57)60(42-32-34-47-45-26-14-17-29-50(45)58(3,4)53(47)37-42)56-43-24-12-11-19-38(43)35-54-55(56)48-27-15-18-30-51(48)59(54,39-20-7-5-8-21-39)40-22-9-6-10-23-40/h5-37H,1-4H3. The van der Waals surface area contributed by atoms with Crippen LogP contribution >= 0.6 is 0 Å². The van der Waals surface area contributed by atoms with Crippen molar-refractivity contribution < 1.29 is 0 Å². The Balaban J connectivity index is 1.22. The summed E-state index contributed by atoms with van der Waals surface area (Å²) in [4.78, 5) is 2.61. The molecule has 0 radical (unpaired) electrons. The number of rotatable bonds is 5. The summed E-state index contributed by atoms with van der Waals surface area (Å²) in [6, 6.07) is 75.6. The van der Waals surface area contributed by atoms with Crippen LogP contribution < -0.4 is 4.90 Å². The lowest BCUT2D eigenvalue weighted by Gasteiger charge is -2.35. The molecule has 0 aromatic heterocycles. The van der Waals surface area contributed by atoms with Crippen LogP contribution in [0.3, 0.4) is 0 Å². The lowest BCUT2D eigenvalue weighted by Crippen LogP contribution is -2.28. The molecule has 0 fully saturated rings. The molecule has 12 rings (SSSR count). The third-order valence-corrected chi connectivity index (χ3v) is 14.3. The largest absolute Gasteiger partial charge is 0.309 e. The van der Waals surface area contributed by atoms with E-state index in [1.165, 1.54) is 94.3 Å². The normalized spacial score (nSPS) is 15.4. The van der Waals surface area contributed by atoms with E-state index in [0.29, 0.717) is 0 Å². The van der Waals surface area contributed by atoms with E-state index in [1.54, 1.807) is 0 Å². The Hall–Kier alpha value is -6.96. The second-order valence-electron chi connectivity index (χ2n) is 18.0. The molecule has 0 unspecified atom stereocenters. The molecule has 0 heterocycles. The predicted octanol–water partition coefficient (Wildman–Crippen LogP) is 15.3. The van der Waals surface area contributed by atoms with Crippen LogP contribution in [0.15, 0.2) is 200 Å². The molecule has 286 valence electrons. The zero-order valence-corrected chi connectivity index (χ0v) is 34.5. The molecule has 60 heavy (non-hydrogen) atoms. The lowest BCUT2D eigenvalue weighted by atomic mass is 9.67. The topological polar surface area (TPSA) is 3.24 Å². The van der Waals surface area contributed by atoms with Crippen molar-refractivity contribution in [2.24, 2.45) is 0 Å². The smallest absolute Gasteiger partial charge is 0.0714 e. The van der Waals surface area contributed by atoms with Crippen molar-refractivity contribution in [3.8, 4) is 33.4 Å². The van der Waals surface area contributed by atoms with Gasteiger partial charge in [-0.05, 0) is 108 Å². The third-order valence-electron chi connectivity index (χ3n) is 14.3. The molecular formula is C59H45N. The van der Waals surface area contributed by atoms with Gasteiger partial charge in [0.15, 0.2) is 0 Å². The summed E-state index contributed by atoms with van der Waals surface area (Å²) < 4.78 is 0. The number of hydrogen-bond acceptors (Lipinski definition) is 1. The van der Waals surface area contributed by atoms with Crippen molar-refractivity contribution in [1.82, 2.24) is 0 Å². The third kappa shape index (κ3) is 4.58. The van der Waals surface area contributed by atoms with E-state index in [9.17, 15) is 0 Å². The minimum Gasteiger partial charge on any atom is -0.309 e. The van der Waals surface area contributed by atoms with Gasteiger partial charge in [0, 0.05) is 33.2 Å². The maximum atomic E-state index is 2.61. The van der Waals surface area contributed by atoms with Crippen LogP contribution in [0.25, 0.3) is 44.2 Å². The highest BCUT2D eigenvalue weighted by atomic mass is 15.1. The number of hydrogen-bond donors (Lipinski definition) is 0. The van der Waals surface area contributed by atoms with Crippen molar-refractivity contribution in [3.05, 3.63) is 245 Å². The summed E-state index contributed by atoms with van der Waals surface area (Å²) in [5.41, 5.74) is 21.2. The van der Waals surface area contributed by atoms with E-state index in [4.69, 9.17) is 0 Å². The maximum absolute atomic E-state index is 2.61. The van der Waals surface area contributed by atoms with E-state index < -0.39 is 5.41 Å². The van der Waals surface area contributed by atoms with E-state index >= 15 is 0 Å². The molecule has 9 aromatic rings. The first kappa shape index (κ1) is 35.0. The highest BCUT2D eigenvalue weighted by Gasteiger charge is 2.48. The summed E-state index contributed by atoms with van der Waals surface area (Å²) >= 11 is 0. The molecule has 0 N–H and O–H groups in total. The van der Waals surface area contributed by atoms with Crippen LogP contribution in [0.2, 0.25) is 0 Å². The fourth-order valence-electron chi connectivity index (χ4n) is 11.5. The Kier molecular flexibility index (Phi) is 7.31. The maximum Gasteiger partial charge on any atom is 0.0714 e. The minimum atomic E-state index is -0.540. The molecule has 1 nitrogen and oxygen atoms in total. The molecule has 0 bridgehead atoms. The molecule has 0 amide bonds. The van der Waals surface area contributed by atoms with E-state index in [1.807, 2.05) is 0 Å². The Bertz CT molecular complexity index is 3060. The summed E-state index contributed by atoms with van der Waals surface area (Å²) in [6.07, 6.45) is 0. The fraction of sp³-hybridized carbons (Fsp3) is 0.119. The molecule has 3 aliphatic carbocycles. The first-order valence-electron chi connectivity index (χ1n) is 21.4. The van der Waals surface area contributed by atoms with Gasteiger partial charge in [0.1, 0.15) is 0 Å². The first-order chi connectivity index (χ1) is 29.3. The highest BCUT2D eigenvalue weighted by molar-refractivity contribution is 6.11. The van der Waals surface area contributed by atoms with Crippen LogP contribution in [-0.4, -0.2) is 0 Å². The van der Waals surface area contributed by atoms with Gasteiger partial charge in [0.2, 0.25) is 0 Å². The van der Waals surface area contributed by atoms with Crippen molar-refractivity contribution in [1.29, 1.82) is 0 Å². The van der Waals surface area contributed by atoms with E-state index in [0.717, 1.165) is 11.4 Å². The summed E-state index contributed by atoms with van der Waals surface area (Å²) in [5.74, 6) is 0. The Morgan fingerprint density at radius 2 is 0.767 bits per heavy atom. The molecule has 0 saturated heterocycles. The van der Waals surface area contributed by atoms with Crippen LogP contribution in [0, 0.1) is 0 Å². The van der Waals surface area contributed by atoms with Gasteiger partial charge in [0.25, 0.3) is 0 Å². The zero-order chi connectivity index (χ0) is 40.4. The van der Waals surface area contributed by atoms with E-state index in [-0.39, 0.29) is 10.8 Å². The van der Waals surface area contributed by atoms with Gasteiger partial charge in [-0.1, -0.05) is 198 Å². The molecule has 0 spiro atoms. The average molecular weight is 768 g/mol. The summed E-state index contributed by atoms with van der Waals surface area (Å²) in [7, 11) is 0.